The molecule has 3 rings (SSSR count). The van der Waals surface area contributed by atoms with Crippen molar-refractivity contribution in [3.63, 3.8) is 0 Å². The highest BCUT2D eigenvalue weighted by molar-refractivity contribution is 9.10. The Hall–Kier alpha value is -1.77. The van der Waals surface area contributed by atoms with E-state index in [1.165, 1.54) is 16.4 Å². The molecule has 2 aromatic rings. The monoisotopic (exact) mass is 468 g/mol. The normalized spacial score (nSPS) is 17.2. The van der Waals surface area contributed by atoms with E-state index in [-0.39, 0.29) is 28.6 Å². The molecule has 28 heavy (non-hydrogen) atoms. The highest BCUT2D eigenvalue weighted by Gasteiger charge is 2.32. The first-order valence-corrected chi connectivity index (χ1v) is 11.3. The van der Waals surface area contributed by atoms with Crippen molar-refractivity contribution < 1.29 is 17.6 Å². The summed E-state index contributed by atoms with van der Waals surface area (Å²) in [6.07, 6.45) is 0.940. The van der Waals surface area contributed by atoms with Gasteiger partial charge in [0.15, 0.2) is 0 Å². The molecule has 1 saturated heterocycles. The van der Waals surface area contributed by atoms with Crippen molar-refractivity contribution >= 4 is 31.9 Å². The van der Waals surface area contributed by atoms with Gasteiger partial charge >= 0.3 is 0 Å². The van der Waals surface area contributed by atoms with E-state index in [1.807, 2.05) is 6.92 Å². The summed E-state index contributed by atoms with van der Waals surface area (Å²) in [6.45, 7) is 2.46. The van der Waals surface area contributed by atoms with Gasteiger partial charge in [0.05, 0.1) is 10.9 Å². The zero-order valence-electron chi connectivity index (χ0n) is 15.4. The molecule has 1 aliphatic heterocycles. The predicted octanol–water partition coefficient (Wildman–Crippen LogP) is 3.87. The number of hydrogen-bond donors (Lipinski definition) is 1. The topological polar surface area (TPSA) is 66.5 Å². The Balaban J connectivity index is 1.57. The summed E-state index contributed by atoms with van der Waals surface area (Å²) in [4.78, 5) is 12.8. The van der Waals surface area contributed by atoms with Gasteiger partial charge < -0.3 is 5.32 Å². The highest BCUT2D eigenvalue weighted by Crippen LogP contribution is 2.25. The van der Waals surface area contributed by atoms with Crippen LogP contribution >= 0.6 is 15.9 Å². The number of carbonyl (C=O) groups excluding carboxylic acids is 1. The third-order valence-corrected chi connectivity index (χ3v) is 7.45. The summed E-state index contributed by atoms with van der Waals surface area (Å²) < 4.78 is 40.8. The van der Waals surface area contributed by atoms with E-state index in [0.29, 0.717) is 25.9 Å². The highest BCUT2D eigenvalue weighted by atomic mass is 79.9. The van der Waals surface area contributed by atoms with E-state index in [0.717, 1.165) is 10.0 Å². The number of hydrogen-bond acceptors (Lipinski definition) is 3. The third kappa shape index (κ3) is 4.79. The lowest BCUT2D eigenvalue weighted by Gasteiger charge is -2.31. The van der Waals surface area contributed by atoms with Crippen LogP contribution < -0.4 is 5.32 Å². The largest absolute Gasteiger partial charge is 0.349 e. The summed E-state index contributed by atoms with van der Waals surface area (Å²) in [5, 5.41) is 2.94. The maximum atomic E-state index is 13.0. The summed E-state index contributed by atoms with van der Waals surface area (Å²) in [5.41, 5.74) is 0.824. The van der Waals surface area contributed by atoms with Gasteiger partial charge in [-0.3, -0.25) is 4.79 Å². The maximum Gasteiger partial charge on any atom is 0.243 e. The maximum absolute atomic E-state index is 13.0. The lowest BCUT2D eigenvalue weighted by Crippen LogP contribution is -2.43. The van der Waals surface area contributed by atoms with Gasteiger partial charge in [-0.05, 0) is 61.7 Å². The van der Waals surface area contributed by atoms with Crippen LogP contribution in [0.15, 0.2) is 57.9 Å². The molecule has 1 amide bonds. The van der Waals surface area contributed by atoms with Gasteiger partial charge in [0.2, 0.25) is 15.9 Å². The molecule has 0 radical (unpaired) electrons. The van der Waals surface area contributed by atoms with Crippen molar-refractivity contribution in [1.82, 2.24) is 9.62 Å². The molecule has 2 aromatic carbocycles. The molecule has 5 nitrogen and oxygen atoms in total. The van der Waals surface area contributed by atoms with Crippen LogP contribution in [0.3, 0.4) is 0 Å². The second kappa shape index (κ2) is 8.71. The number of benzene rings is 2. The van der Waals surface area contributed by atoms with E-state index < -0.39 is 10.0 Å². The van der Waals surface area contributed by atoms with Gasteiger partial charge in [-0.2, -0.15) is 4.31 Å². The molecule has 0 unspecified atom stereocenters. The van der Waals surface area contributed by atoms with Gasteiger partial charge in [0, 0.05) is 23.5 Å². The van der Waals surface area contributed by atoms with Gasteiger partial charge in [0.25, 0.3) is 0 Å². The number of nitrogens with zero attached hydrogens (tertiary/aromatic N) is 1. The van der Waals surface area contributed by atoms with E-state index >= 15 is 0 Å². The standard InChI is InChI=1S/C20H22BrFN2O3S/c1-14(15-2-6-18(22)7-3-15)23-20(25)16-10-12-24(13-11-16)28(26,27)19-8-4-17(21)5-9-19/h2-9,14,16H,10-13H2,1H3,(H,23,25)/t14-/m0/s1. The van der Waals surface area contributed by atoms with Crippen molar-refractivity contribution in [3.8, 4) is 0 Å². The van der Waals surface area contributed by atoms with Crippen LogP contribution in [0.5, 0.6) is 0 Å². The van der Waals surface area contributed by atoms with Crippen molar-refractivity contribution in [1.29, 1.82) is 0 Å². The average molecular weight is 469 g/mol. The molecule has 0 aliphatic carbocycles. The van der Waals surface area contributed by atoms with Crippen molar-refractivity contribution in [2.45, 2.75) is 30.7 Å². The fourth-order valence-electron chi connectivity index (χ4n) is 3.28. The molecule has 0 aromatic heterocycles. The van der Waals surface area contributed by atoms with Crippen LogP contribution in [0.25, 0.3) is 0 Å². The lowest BCUT2D eigenvalue weighted by molar-refractivity contribution is -0.126. The molecule has 1 fully saturated rings. The second-order valence-corrected chi connectivity index (χ2v) is 9.77. The van der Waals surface area contributed by atoms with E-state index in [4.69, 9.17) is 0 Å². The fourth-order valence-corrected chi connectivity index (χ4v) is 5.01. The van der Waals surface area contributed by atoms with Crippen LogP contribution in [0, 0.1) is 11.7 Å². The van der Waals surface area contributed by atoms with Crippen LogP contribution in [-0.2, 0) is 14.8 Å². The predicted molar refractivity (Wildman–Crippen MR) is 109 cm³/mol. The minimum Gasteiger partial charge on any atom is -0.349 e. The molecule has 1 aliphatic rings. The SMILES string of the molecule is C[C@H](NC(=O)C1CCN(S(=O)(=O)c2ccc(Br)cc2)CC1)c1ccc(F)cc1. The quantitative estimate of drug-likeness (QED) is 0.723. The minimum absolute atomic E-state index is 0.0995. The summed E-state index contributed by atoms with van der Waals surface area (Å²) in [5.74, 6) is -0.654. The molecule has 150 valence electrons. The summed E-state index contributed by atoms with van der Waals surface area (Å²) >= 11 is 3.30. The Kier molecular flexibility index (Phi) is 6.52. The number of rotatable bonds is 5. The fraction of sp³-hybridized carbons (Fsp3) is 0.350. The van der Waals surface area contributed by atoms with E-state index in [2.05, 4.69) is 21.2 Å². The average Bonchev–Trinajstić information content (AvgIpc) is 2.69. The number of amides is 1. The Labute approximate surface area is 173 Å². The Morgan fingerprint density at radius 1 is 1.11 bits per heavy atom. The molecule has 1 heterocycles. The molecule has 1 atom stereocenters. The van der Waals surface area contributed by atoms with Crippen LogP contribution in [-0.4, -0.2) is 31.7 Å². The Morgan fingerprint density at radius 2 is 1.68 bits per heavy atom. The molecular formula is C20H22BrFN2O3S. The smallest absolute Gasteiger partial charge is 0.243 e. The number of sulfonamides is 1. The Bertz CT molecular complexity index is 925. The van der Waals surface area contributed by atoms with Gasteiger partial charge in [-0.15, -0.1) is 0 Å². The summed E-state index contributed by atoms with van der Waals surface area (Å²) in [6, 6.07) is 12.3. The zero-order chi connectivity index (χ0) is 20.3. The van der Waals surface area contributed by atoms with Crippen LogP contribution in [0.4, 0.5) is 4.39 Å². The molecule has 1 N–H and O–H groups in total. The third-order valence-electron chi connectivity index (χ3n) is 5.00. The summed E-state index contributed by atoms with van der Waals surface area (Å²) in [7, 11) is -3.55. The molecule has 8 heteroatoms. The first-order valence-electron chi connectivity index (χ1n) is 9.09. The van der Waals surface area contributed by atoms with Gasteiger partial charge in [0.1, 0.15) is 5.82 Å². The molecule has 0 bridgehead atoms. The van der Waals surface area contributed by atoms with E-state index in [9.17, 15) is 17.6 Å². The van der Waals surface area contributed by atoms with Crippen LogP contribution in [0.1, 0.15) is 31.4 Å². The number of carbonyl (C=O) groups is 1. The van der Waals surface area contributed by atoms with Crippen molar-refractivity contribution in [2.75, 3.05) is 13.1 Å². The Morgan fingerprint density at radius 3 is 2.25 bits per heavy atom. The van der Waals surface area contributed by atoms with Crippen molar-refractivity contribution in [3.05, 3.63) is 64.4 Å². The van der Waals surface area contributed by atoms with Crippen LogP contribution in [0.2, 0.25) is 0 Å². The van der Waals surface area contributed by atoms with E-state index in [1.54, 1.807) is 36.4 Å². The van der Waals surface area contributed by atoms with Gasteiger partial charge in [-0.25, -0.2) is 12.8 Å². The molecular weight excluding hydrogens is 447 g/mol. The molecule has 0 spiro atoms. The van der Waals surface area contributed by atoms with Crippen molar-refractivity contribution in [2.24, 2.45) is 5.92 Å². The first kappa shape index (κ1) is 21.0. The van der Waals surface area contributed by atoms with Gasteiger partial charge in [-0.1, -0.05) is 28.1 Å². The first-order chi connectivity index (χ1) is 13.3. The number of piperidine rings is 1. The number of halogens is 2. The zero-order valence-corrected chi connectivity index (χ0v) is 17.8. The number of nitrogens with one attached hydrogen (secondary N) is 1. The lowest BCUT2D eigenvalue weighted by atomic mass is 9.96. The second-order valence-electron chi connectivity index (χ2n) is 6.91. The molecule has 0 saturated carbocycles. The minimum atomic E-state index is -3.55.